The van der Waals surface area contributed by atoms with Gasteiger partial charge < -0.3 is 29.2 Å². The number of anilines is 3. The van der Waals surface area contributed by atoms with E-state index in [4.69, 9.17) is 18.9 Å². The third kappa shape index (κ3) is 5.00. The molecule has 29 heavy (non-hydrogen) atoms. The second-order valence-electron chi connectivity index (χ2n) is 6.11. The van der Waals surface area contributed by atoms with Crippen LogP contribution < -0.4 is 19.7 Å². The molecule has 11 heteroatoms. The molecule has 0 unspecified atom stereocenters. The minimum absolute atomic E-state index is 0.0801. The second-order valence-corrected chi connectivity index (χ2v) is 6.11. The molecule has 0 saturated carbocycles. The first kappa shape index (κ1) is 20.6. The van der Waals surface area contributed by atoms with Gasteiger partial charge in [0.1, 0.15) is 19.5 Å². The van der Waals surface area contributed by atoms with Gasteiger partial charge >= 0.3 is 5.69 Å². The number of methoxy groups -OCH3 is 2. The van der Waals surface area contributed by atoms with Crippen LogP contribution in [0.3, 0.4) is 0 Å². The minimum Gasteiger partial charge on any atom is -0.486 e. The van der Waals surface area contributed by atoms with Crippen molar-refractivity contribution < 1.29 is 23.9 Å². The Morgan fingerprint density at radius 2 is 1.83 bits per heavy atom. The quantitative estimate of drug-likeness (QED) is 0.464. The van der Waals surface area contributed by atoms with Gasteiger partial charge in [0, 0.05) is 39.1 Å². The van der Waals surface area contributed by atoms with Crippen LogP contribution in [0.2, 0.25) is 0 Å². The van der Waals surface area contributed by atoms with Crippen LogP contribution >= 0.6 is 0 Å². The zero-order valence-corrected chi connectivity index (χ0v) is 16.3. The predicted molar refractivity (Wildman–Crippen MR) is 105 cm³/mol. The molecule has 0 spiro atoms. The third-order valence-electron chi connectivity index (χ3n) is 4.22. The molecule has 0 radical (unpaired) electrons. The van der Waals surface area contributed by atoms with Gasteiger partial charge in [0.05, 0.1) is 18.1 Å². The largest absolute Gasteiger partial charge is 0.486 e. The van der Waals surface area contributed by atoms with Crippen LogP contribution in [0.15, 0.2) is 24.5 Å². The Labute approximate surface area is 167 Å². The highest BCUT2D eigenvalue weighted by molar-refractivity contribution is 5.75. The molecule has 1 aromatic carbocycles. The average molecular weight is 405 g/mol. The number of nitrogens with zero attached hydrogens (tertiary/aromatic N) is 4. The minimum atomic E-state index is -0.498. The van der Waals surface area contributed by atoms with Crippen LogP contribution in [-0.2, 0) is 9.47 Å². The molecule has 3 rings (SSSR count). The molecular formula is C18H23N5O6. The lowest BCUT2D eigenvalue weighted by molar-refractivity contribution is -0.383. The van der Waals surface area contributed by atoms with E-state index < -0.39 is 4.92 Å². The summed E-state index contributed by atoms with van der Waals surface area (Å²) in [4.78, 5) is 21.4. The van der Waals surface area contributed by atoms with Crippen LogP contribution in [-0.4, -0.2) is 68.6 Å². The van der Waals surface area contributed by atoms with Crippen molar-refractivity contribution in [3.63, 3.8) is 0 Å². The summed E-state index contributed by atoms with van der Waals surface area (Å²) in [5.41, 5.74) is 0.358. The van der Waals surface area contributed by atoms with Crippen LogP contribution in [0.1, 0.15) is 0 Å². The molecule has 2 aromatic rings. The van der Waals surface area contributed by atoms with E-state index in [0.717, 1.165) is 0 Å². The van der Waals surface area contributed by atoms with Crippen LogP contribution in [0.4, 0.5) is 23.0 Å². The summed E-state index contributed by atoms with van der Waals surface area (Å²) in [7, 11) is 3.13. The van der Waals surface area contributed by atoms with E-state index in [1.54, 1.807) is 37.3 Å². The van der Waals surface area contributed by atoms with E-state index in [-0.39, 0.29) is 17.3 Å². The Balaban J connectivity index is 1.92. The third-order valence-corrected chi connectivity index (χ3v) is 4.22. The van der Waals surface area contributed by atoms with Crippen molar-refractivity contribution in [3.05, 3.63) is 34.6 Å². The van der Waals surface area contributed by atoms with Gasteiger partial charge in [-0.1, -0.05) is 0 Å². The first-order valence-electron chi connectivity index (χ1n) is 9.03. The summed E-state index contributed by atoms with van der Waals surface area (Å²) in [6, 6.07) is 5.20. The molecule has 156 valence electrons. The molecule has 0 amide bonds. The number of fused-ring (bicyclic) bond motifs is 1. The zero-order valence-electron chi connectivity index (χ0n) is 16.3. The number of ether oxygens (including phenoxy) is 4. The molecule has 0 atom stereocenters. The highest BCUT2D eigenvalue weighted by atomic mass is 16.6. The van der Waals surface area contributed by atoms with Crippen molar-refractivity contribution in [2.24, 2.45) is 0 Å². The number of rotatable bonds is 10. The fraction of sp³-hybridized carbons (Fsp3) is 0.444. The first-order valence-corrected chi connectivity index (χ1v) is 9.03. The number of hydrogen-bond donors (Lipinski definition) is 1. The van der Waals surface area contributed by atoms with Crippen LogP contribution in [0, 0.1) is 10.1 Å². The van der Waals surface area contributed by atoms with Gasteiger partial charge in [0.25, 0.3) is 0 Å². The summed E-state index contributed by atoms with van der Waals surface area (Å²) in [6.07, 6.45) is 1.29. The molecule has 1 aliphatic rings. The molecule has 1 aromatic heterocycles. The molecule has 0 saturated heterocycles. The molecule has 0 fully saturated rings. The maximum Gasteiger partial charge on any atom is 0.353 e. The Morgan fingerprint density at radius 3 is 2.48 bits per heavy atom. The average Bonchev–Trinajstić information content (AvgIpc) is 2.73. The van der Waals surface area contributed by atoms with Gasteiger partial charge in [-0.05, 0) is 12.1 Å². The van der Waals surface area contributed by atoms with Gasteiger partial charge in [0.2, 0.25) is 11.6 Å². The van der Waals surface area contributed by atoms with Crippen LogP contribution in [0.25, 0.3) is 0 Å². The lowest BCUT2D eigenvalue weighted by Gasteiger charge is -2.23. The van der Waals surface area contributed by atoms with Gasteiger partial charge in [-0.3, -0.25) is 10.1 Å². The van der Waals surface area contributed by atoms with Crippen molar-refractivity contribution in [2.45, 2.75) is 0 Å². The van der Waals surface area contributed by atoms with E-state index in [1.165, 1.54) is 6.33 Å². The zero-order chi connectivity index (χ0) is 20.6. The highest BCUT2D eigenvalue weighted by Gasteiger charge is 2.27. The van der Waals surface area contributed by atoms with E-state index in [2.05, 4.69) is 15.3 Å². The normalized spacial score (nSPS) is 12.5. The van der Waals surface area contributed by atoms with Crippen molar-refractivity contribution in [1.29, 1.82) is 0 Å². The lowest BCUT2D eigenvalue weighted by atomic mass is 10.2. The molecule has 1 N–H and O–H groups in total. The molecule has 1 aliphatic heterocycles. The summed E-state index contributed by atoms with van der Waals surface area (Å²) >= 11 is 0. The maximum absolute atomic E-state index is 11.9. The number of nitro groups is 1. The van der Waals surface area contributed by atoms with Crippen LogP contribution in [0.5, 0.6) is 11.5 Å². The number of aromatic nitrogens is 2. The summed E-state index contributed by atoms with van der Waals surface area (Å²) in [6.45, 7) is 2.54. The number of benzene rings is 1. The first-order chi connectivity index (χ1) is 14.1. The Bertz CT molecular complexity index is 841. The van der Waals surface area contributed by atoms with E-state index in [0.29, 0.717) is 56.7 Å². The summed E-state index contributed by atoms with van der Waals surface area (Å²) in [5, 5.41) is 14.9. The SMILES string of the molecule is COCCN(CCOC)c1ncnc(Nc2ccc3c(c2)OCCO3)c1[N+](=O)[O-]. The van der Waals surface area contributed by atoms with Crippen molar-refractivity contribution in [3.8, 4) is 11.5 Å². The molecule has 0 aliphatic carbocycles. The topological polar surface area (TPSA) is 121 Å². The standard InChI is InChI=1S/C18H23N5O6/c1-26-7-5-22(6-8-27-2)18-16(23(24)25)17(19-12-20-18)21-13-3-4-14-15(11-13)29-10-9-28-14/h3-4,11-12H,5-10H2,1-2H3,(H,19,20,21). The fourth-order valence-electron chi connectivity index (χ4n) is 2.84. The monoisotopic (exact) mass is 405 g/mol. The van der Waals surface area contributed by atoms with Gasteiger partial charge in [-0.25, -0.2) is 9.97 Å². The number of hydrogen-bond acceptors (Lipinski definition) is 10. The van der Waals surface area contributed by atoms with Crippen molar-refractivity contribution in [1.82, 2.24) is 9.97 Å². The van der Waals surface area contributed by atoms with Gasteiger partial charge in [-0.2, -0.15) is 0 Å². The number of nitrogens with one attached hydrogen (secondary N) is 1. The summed E-state index contributed by atoms with van der Waals surface area (Å²) in [5.74, 6) is 1.47. The molecular weight excluding hydrogens is 382 g/mol. The Morgan fingerprint density at radius 1 is 1.14 bits per heavy atom. The van der Waals surface area contributed by atoms with E-state index in [9.17, 15) is 10.1 Å². The Kier molecular flexibility index (Phi) is 6.98. The second kappa shape index (κ2) is 9.85. The highest BCUT2D eigenvalue weighted by Crippen LogP contribution is 2.37. The lowest BCUT2D eigenvalue weighted by Crippen LogP contribution is -2.32. The molecule has 0 bridgehead atoms. The van der Waals surface area contributed by atoms with Crippen molar-refractivity contribution >= 4 is 23.0 Å². The predicted octanol–water partition coefficient (Wildman–Crippen LogP) is 2.00. The van der Waals surface area contributed by atoms with E-state index in [1.807, 2.05) is 0 Å². The maximum atomic E-state index is 11.9. The Hall–Kier alpha value is -3.18. The van der Waals surface area contributed by atoms with Crippen molar-refractivity contribution in [2.75, 3.05) is 64.0 Å². The van der Waals surface area contributed by atoms with E-state index >= 15 is 0 Å². The van der Waals surface area contributed by atoms with Gasteiger partial charge in [0.15, 0.2) is 11.5 Å². The molecule has 11 nitrogen and oxygen atoms in total. The van der Waals surface area contributed by atoms with Gasteiger partial charge in [-0.15, -0.1) is 0 Å². The fourth-order valence-corrected chi connectivity index (χ4v) is 2.84. The molecule has 2 heterocycles. The smallest absolute Gasteiger partial charge is 0.353 e. The summed E-state index contributed by atoms with van der Waals surface area (Å²) < 4.78 is 21.3.